The van der Waals surface area contributed by atoms with E-state index in [9.17, 15) is 14.9 Å². The molecule has 0 saturated carbocycles. The van der Waals surface area contributed by atoms with Crippen LogP contribution in [-0.4, -0.2) is 30.0 Å². The Bertz CT molecular complexity index is 502. The van der Waals surface area contributed by atoms with Crippen molar-refractivity contribution in [3.63, 3.8) is 0 Å². The molecule has 0 aliphatic carbocycles. The lowest BCUT2D eigenvalue weighted by Crippen LogP contribution is -2.42. The van der Waals surface area contributed by atoms with Crippen molar-refractivity contribution in [2.45, 2.75) is 25.8 Å². The van der Waals surface area contributed by atoms with Crippen molar-refractivity contribution in [2.75, 3.05) is 13.1 Å². The van der Waals surface area contributed by atoms with E-state index in [0.717, 1.165) is 25.9 Å². The van der Waals surface area contributed by atoms with Crippen molar-refractivity contribution in [3.05, 3.63) is 39.4 Å². The number of carbonyl (C=O) groups is 1. The van der Waals surface area contributed by atoms with Crippen LogP contribution in [0.3, 0.4) is 0 Å². The van der Waals surface area contributed by atoms with E-state index in [1.807, 2.05) is 0 Å². The van der Waals surface area contributed by atoms with Gasteiger partial charge in [-0.2, -0.15) is 0 Å². The van der Waals surface area contributed by atoms with Crippen LogP contribution in [0.2, 0.25) is 0 Å². The predicted molar refractivity (Wildman–Crippen MR) is 78.4 cm³/mol. The molecule has 1 aromatic rings. The van der Waals surface area contributed by atoms with Gasteiger partial charge in [0.15, 0.2) is 0 Å². The number of carbonyl (C=O) groups excluding carboxylic acids is 1. The summed E-state index contributed by atoms with van der Waals surface area (Å²) in [6, 6.07) is 4.63. The highest BCUT2D eigenvalue weighted by atomic mass is 35.5. The SMILES string of the molecule is Cc1cc(C(=O)NC2CCNCC2)ccc1[N+](=O)[O-].Cl. The van der Waals surface area contributed by atoms with E-state index in [0.29, 0.717) is 11.1 Å². The van der Waals surface area contributed by atoms with Crippen molar-refractivity contribution in [2.24, 2.45) is 0 Å². The van der Waals surface area contributed by atoms with Gasteiger partial charge in [-0.1, -0.05) is 0 Å². The standard InChI is InChI=1S/C13H17N3O3.ClH/c1-9-8-10(2-3-12(9)16(18)19)13(17)15-11-4-6-14-7-5-11;/h2-3,8,11,14H,4-7H2,1H3,(H,15,17);1H. The topological polar surface area (TPSA) is 84.3 Å². The van der Waals surface area contributed by atoms with Gasteiger partial charge in [-0.15, -0.1) is 12.4 Å². The molecule has 6 nitrogen and oxygen atoms in total. The summed E-state index contributed by atoms with van der Waals surface area (Å²) in [5.74, 6) is -0.162. The van der Waals surface area contributed by atoms with Gasteiger partial charge in [-0.05, 0) is 45.0 Å². The zero-order valence-electron chi connectivity index (χ0n) is 11.2. The smallest absolute Gasteiger partial charge is 0.272 e. The maximum absolute atomic E-state index is 12.0. The Balaban J connectivity index is 0.00000200. The van der Waals surface area contributed by atoms with Crippen molar-refractivity contribution < 1.29 is 9.72 Å². The highest BCUT2D eigenvalue weighted by Gasteiger charge is 2.18. The monoisotopic (exact) mass is 299 g/mol. The van der Waals surface area contributed by atoms with Gasteiger partial charge in [-0.25, -0.2) is 0 Å². The van der Waals surface area contributed by atoms with Gasteiger partial charge in [-0.3, -0.25) is 14.9 Å². The number of nitro groups is 1. The lowest BCUT2D eigenvalue weighted by atomic mass is 10.0. The molecule has 7 heteroatoms. The van der Waals surface area contributed by atoms with Crippen LogP contribution in [-0.2, 0) is 0 Å². The Labute approximate surface area is 123 Å². The number of nitrogens with zero attached hydrogens (tertiary/aromatic N) is 1. The number of amides is 1. The fourth-order valence-corrected chi connectivity index (χ4v) is 2.24. The lowest BCUT2D eigenvalue weighted by Gasteiger charge is -2.23. The van der Waals surface area contributed by atoms with Crippen LogP contribution in [0.1, 0.15) is 28.8 Å². The molecule has 110 valence electrons. The van der Waals surface area contributed by atoms with Gasteiger partial charge in [0, 0.05) is 23.2 Å². The fourth-order valence-electron chi connectivity index (χ4n) is 2.24. The van der Waals surface area contributed by atoms with Crippen molar-refractivity contribution >= 4 is 24.0 Å². The Morgan fingerprint density at radius 3 is 2.60 bits per heavy atom. The largest absolute Gasteiger partial charge is 0.349 e. The zero-order chi connectivity index (χ0) is 13.8. The molecule has 0 radical (unpaired) electrons. The number of hydrogen-bond acceptors (Lipinski definition) is 4. The minimum Gasteiger partial charge on any atom is -0.349 e. The van der Waals surface area contributed by atoms with Crippen LogP contribution in [0.15, 0.2) is 18.2 Å². The first-order chi connectivity index (χ1) is 9.08. The highest BCUT2D eigenvalue weighted by Crippen LogP contribution is 2.19. The highest BCUT2D eigenvalue weighted by molar-refractivity contribution is 5.94. The van der Waals surface area contributed by atoms with E-state index >= 15 is 0 Å². The van der Waals surface area contributed by atoms with Crippen LogP contribution >= 0.6 is 12.4 Å². The first-order valence-corrected chi connectivity index (χ1v) is 6.34. The molecule has 2 N–H and O–H groups in total. The molecule has 1 aromatic carbocycles. The number of halogens is 1. The average Bonchev–Trinajstić information content (AvgIpc) is 2.39. The Morgan fingerprint density at radius 2 is 2.05 bits per heavy atom. The summed E-state index contributed by atoms with van der Waals surface area (Å²) >= 11 is 0. The van der Waals surface area contributed by atoms with Crippen LogP contribution in [0.5, 0.6) is 0 Å². The third-order valence-corrected chi connectivity index (χ3v) is 3.33. The minimum atomic E-state index is -0.441. The van der Waals surface area contributed by atoms with Gasteiger partial charge < -0.3 is 10.6 Å². The van der Waals surface area contributed by atoms with Crippen LogP contribution in [0.25, 0.3) is 0 Å². The van der Waals surface area contributed by atoms with Gasteiger partial charge >= 0.3 is 0 Å². The number of hydrogen-bond donors (Lipinski definition) is 2. The molecule has 2 rings (SSSR count). The Morgan fingerprint density at radius 1 is 1.40 bits per heavy atom. The first kappa shape index (κ1) is 16.4. The van der Waals surface area contributed by atoms with Gasteiger partial charge in [0.1, 0.15) is 0 Å². The molecule has 0 aromatic heterocycles. The Hall–Kier alpha value is -1.66. The van der Waals surface area contributed by atoms with Crippen LogP contribution in [0.4, 0.5) is 5.69 Å². The van der Waals surface area contributed by atoms with Crippen molar-refractivity contribution in [1.29, 1.82) is 0 Å². The van der Waals surface area contributed by atoms with Crippen molar-refractivity contribution in [1.82, 2.24) is 10.6 Å². The predicted octanol–water partition coefficient (Wildman–Crippen LogP) is 1.81. The van der Waals surface area contributed by atoms with E-state index in [-0.39, 0.29) is 30.0 Å². The molecule has 1 fully saturated rings. The van der Waals surface area contributed by atoms with E-state index in [2.05, 4.69) is 10.6 Å². The number of nitro benzene ring substituents is 1. The zero-order valence-corrected chi connectivity index (χ0v) is 12.0. The molecule has 1 amide bonds. The fraction of sp³-hybridized carbons (Fsp3) is 0.462. The normalized spacial score (nSPS) is 15.2. The summed E-state index contributed by atoms with van der Waals surface area (Å²) < 4.78 is 0. The van der Waals surface area contributed by atoms with Crippen LogP contribution < -0.4 is 10.6 Å². The number of piperidine rings is 1. The van der Waals surface area contributed by atoms with E-state index in [1.165, 1.54) is 12.1 Å². The van der Waals surface area contributed by atoms with Crippen LogP contribution in [0, 0.1) is 17.0 Å². The van der Waals surface area contributed by atoms with Gasteiger partial charge in [0.2, 0.25) is 0 Å². The average molecular weight is 300 g/mol. The molecule has 1 saturated heterocycles. The molecule has 1 aliphatic rings. The molecule has 0 unspecified atom stereocenters. The van der Waals surface area contributed by atoms with Crippen molar-refractivity contribution in [3.8, 4) is 0 Å². The third-order valence-electron chi connectivity index (χ3n) is 3.33. The summed E-state index contributed by atoms with van der Waals surface area (Å²) in [4.78, 5) is 22.3. The lowest BCUT2D eigenvalue weighted by molar-refractivity contribution is -0.385. The molecular formula is C13H18ClN3O3. The Kier molecular flexibility index (Phi) is 5.91. The summed E-state index contributed by atoms with van der Waals surface area (Å²) in [6.45, 7) is 3.45. The second kappa shape index (κ2) is 7.21. The molecule has 0 bridgehead atoms. The first-order valence-electron chi connectivity index (χ1n) is 6.34. The van der Waals surface area contributed by atoms with E-state index in [1.54, 1.807) is 13.0 Å². The maximum Gasteiger partial charge on any atom is 0.272 e. The quantitative estimate of drug-likeness (QED) is 0.658. The van der Waals surface area contributed by atoms with E-state index in [4.69, 9.17) is 0 Å². The third kappa shape index (κ3) is 3.91. The molecular weight excluding hydrogens is 282 g/mol. The summed E-state index contributed by atoms with van der Waals surface area (Å²) in [6.07, 6.45) is 1.83. The molecule has 0 spiro atoms. The van der Waals surface area contributed by atoms with Gasteiger partial charge in [0.05, 0.1) is 4.92 Å². The molecule has 1 heterocycles. The minimum absolute atomic E-state index is 0. The summed E-state index contributed by atoms with van der Waals surface area (Å²) in [5, 5.41) is 16.9. The number of rotatable bonds is 3. The second-order valence-corrected chi connectivity index (χ2v) is 4.76. The molecule has 0 atom stereocenters. The van der Waals surface area contributed by atoms with E-state index < -0.39 is 4.92 Å². The number of aryl methyl sites for hydroxylation is 1. The number of benzene rings is 1. The number of nitrogens with one attached hydrogen (secondary N) is 2. The summed E-state index contributed by atoms with van der Waals surface area (Å²) in [7, 11) is 0. The second-order valence-electron chi connectivity index (χ2n) is 4.76. The maximum atomic E-state index is 12.0. The molecule has 20 heavy (non-hydrogen) atoms. The van der Waals surface area contributed by atoms with Gasteiger partial charge in [0.25, 0.3) is 11.6 Å². The summed E-state index contributed by atoms with van der Waals surface area (Å²) in [5.41, 5.74) is 1.02. The molecule has 1 aliphatic heterocycles.